The molecule has 0 aromatic carbocycles. The summed E-state index contributed by atoms with van der Waals surface area (Å²) in [7, 11) is 0. The first kappa shape index (κ1) is 6.89. The lowest BCUT2D eigenvalue weighted by molar-refractivity contribution is -0.144. The van der Waals surface area contributed by atoms with Crippen molar-refractivity contribution >= 4 is 5.97 Å². The van der Waals surface area contributed by atoms with Crippen LogP contribution in [-0.4, -0.2) is 24.3 Å². The molecular weight excluding hydrogens is 156 g/mol. The van der Waals surface area contributed by atoms with Crippen LogP contribution in [0.15, 0.2) is 0 Å². The molecule has 3 saturated heterocycles. The van der Waals surface area contributed by atoms with Crippen molar-refractivity contribution in [3.8, 4) is 0 Å². The highest BCUT2D eigenvalue weighted by atomic mass is 16.6. The van der Waals surface area contributed by atoms with E-state index in [0.29, 0.717) is 12.0 Å². The molecule has 3 nitrogen and oxygen atoms in total. The first-order valence-corrected chi connectivity index (χ1v) is 4.67. The third kappa shape index (κ3) is 0.600. The van der Waals surface area contributed by atoms with Crippen molar-refractivity contribution in [2.75, 3.05) is 0 Å². The highest BCUT2D eigenvalue weighted by Crippen LogP contribution is 2.50. The molecule has 0 spiro atoms. The molecule has 0 aromatic rings. The van der Waals surface area contributed by atoms with E-state index in [1.807, 2.05) is 0 Å². The van der Waals surface area contributed by atoms with Crippen LogP contribution in [0.5, 0.6) is 0 Å². The maximum atomic E-state index is 11.3. The molecule has 3 heteroatoms. The maximum Gasteiger partial charge on any atom is 0.312 e. The Labute approximate surface area is 71.0 Å². The summed E-state index contributed by atoms with van der Waals surface area (Å²) in [5, 5.41) is 0. The Morgan fingerprint density at radius 2 is 2.33 bits per heavy atom. The van der Waals surface area contributed by atoms with E-state index in [-0.39, 0.29) is 24.1 Å². The zero-order valence-corrected chi connectivity index (χ0v) is 7.03. The predicted octanol–water partition coefficient (Wildman–Crippen LogP) is 0.725. The van der Waals surface area contributed by atoms with Gasteiger partial charge in [-0.15, -0.1) is 0 Å². The summed E-state index contributed by atoms with van der Waals surface area (Å²) < 4.78 is 11.0. The average molecular weight is 168 g/mol. The van der Waals surface area contributed by atoms with Gasteiger partial charge in [0.05, 0.1) is 12.0 Å². The summed E-state index contributed by atoms with van der Waals surface area (Å²) in [6, 6.07) is 0. The van der Waals surface area contributed by atoms with E-state index in [1.54, 1.807) is 0 Å². The van der Waals surface area contributed by atoms with Crippen LogP contribution < -0.4 is 0 Å². The van der Waals surface area contributed by atoms with E-state index in [4.69, 9.17) is 9.47 Å². The fraction of sp³-hybridized carbons (Fsp3) is 0.889. The average Bonchev–Trinajstić information content (AvgIpc) is 2.63. The van der Waals surface area contributed by atoms with E-state index in [1.165, 1.54) is 0 Å². The Hall–Kier alpha value is -0.570. The van der Waals surface area contributed by atoms with E-state index >= 15 is 0 Å². The van der Waals surface area contributed by atoms with E-state index < -0.39 is 0 Å². The smallest absolute Gasteiger partial charge is 0.312 e. The Morgan fingerprint density at radius 1 is 1.50 bits per heavy atom. The molecule has 3 heterocycles. The van der Waals surface area contributed by atoms with Crippen LogP contribution in [0.1, 0.15) is 19.8 Å². The number of carbonyl (C=O) groups excluding carboxylic acids is 1. The SMILES string of the molecule is CCC1C2CC3C(=O)OC1C3O2. The lowest BCUT2D eigenvalue weighted by atomic mass is 9.81. The molecule has 0 N–H and O–H groups in total. The molecular formula is C9H12O3. The second kappa shape index (κ2) is 2.02. The van der Waals surface area contributed by atoms with Crippen LogP contribution in [0.25, 0.3) is 0 Å². The number of hydrogen-bond acceptors (Lipinski definition) is 3. The number of esters is 1. The van der Waals surface area contributed by atoms with Gasteiger partial charge < -0.3 is 9.47 Å². The van der Waals surface area contributed by atoms with E-state index in [2.05, 4.69) is 6.92 Å². The monoisotopic (exact) mass is 168 g/mol. The second-order valence-corrected chi connectivity index (χ2v) is 3.95. The fourth-order valence-corrected chi connectivity index (χ4v) is 2.88. The Morgan fingerprint density at radius 3 is 3.08 bits per heavy atom. The van der Waals surface area contributed by atoms with Gasteiger partial charge in [-0.1, -0.05) is 6.92 Å². The maximum absolute atomic E-state index is 11.3. The summed E-state index contributed by atoms with van der Waals surface area (Å²) in [6.45, 7) is 2.13. The summed E-state index contributed by atoms with van der Waals surface area (Å²) in [4.78, 5) is 11.3. The third-order valence-corrected chi connectivity index (χ3v) is 3.46. The fourth-order valence-electron chi connectivity index (χ4n) is 2.88. The minimum absolute atomic E-state index is 0.0246. The van der Waals surface area contributed by atoms with Crippen LogP contribution >= 0.6 is 0 Å². The van der Waals surface area contributed by atoms with Crippen molar-refractivity contribution in [3.05, 3.63) is 0 Å². The van der Waals surface area contributed by atoms with Gasteiger partial charge in [-0.3, -0.25) is 4.79 Å². The number of rotatable bonds is 1. The van der Waals surface area contributed by atoms with Gasteiger partial charge in [-0.05, 0) is 12.8 Å². The minimum atomic E-state index is -0.0246. The van der Waals surface area contributed by atoms with Gasteiger partial charge in [0.15, 0.2) is 0 Å². The Kier molecular flexibility index (Phi) is 1.16. The van der Waals surface area contributed by atoms with Crippen LogP contribution in [0.4, 0.5) is 0 Å². The first-order valence-electron chi connectivity index (χ1n) is 4.67. The number of hydrogen-bond donors (Lipinski definition) is 0. The summed E-state index contributed by atoms with van der Waals surface area (Å²) in [5.74, 6) is 0.518. The normalized spacial score (nSPS) is 54.8. The van der Waals surface area contributed by atoms with Crippen molar-refractivity contribution in [2.45, 2.75) is 38.1 Å². The van der Waals surface area contributed by atoms with Crippen LogP contribution in [-0.2, 0) is 14.3 Å². The van der Waals surface area contributed by atoms with Gasteiger partial charge in [0, 0.05) is 5.92 Å². The van der Waals surface area contributed by atoms with Crippen molar-refractivity contribution in [3.63, 3.8) is 0 Å². The first-order chi connectivity index (χ1) is 5.81. The lowest BCUT2D eigenvalue weighted by Gasteiger charge is -2.19. The van der Waals surface area contributed by atoms with Gasteiger partial charge in [0.25, 0.3) is 0 Å². The predicted molar refractivity (Wildman–Crippen MR) is 40.4 cm³/mol. The molecule has 3 aliphatic heterocycles. The van der Waals surface area contributed by atoms with Crippen molar-refractivity contribution in [1.29, 1.82) is 0 Å². The zero-order valence-electron chi connectivity index (χ0n) is 7.03. The molecule has 0 aromatic heterocycles. The number of ether oxygens (including phenoxy) is 2. The highest BCUT2D eigenvalue weighted by Gasteiger charge is 2.62. The molecule has 5 unspecified atom stereocenters. The summed E-state index contributed by atoms with van der Waals surface area (Å²) >= 11 is 0. The van der Waals surface area contributed by atoms with Gasteiger partial charge in [0.2, 0.25) is 0 Å². The Bertz CT molecular complexity index is 238. The molecule has 2 bridgehead atoms. The van der Waals surface area contributed by atoms with Crippen LogP contribution in [0.3, 0.4) is 0 Å². The van der Waals surface area contributed by atoms with Crippen LogP contribution in [0, 0.1) is 11.8 Å². The molecule has 0 saturated carbocycles. The van der Waals surface area contributed by atoms with Crippen LogP contribution in [0.2, 0.25) is 0 Å². The standard InChI is InChI=1S/C9H12O3/c1-2-4-6-3-5-8(11-6)7(4)12-9(5)10/h4-8H,2-3H2,1H3. The molecule has 66 valence electrons. The topological polar surface area (TPSA) is 35.5 Å². The largest absolute Gasteiger partial charge is 0.459 e. The number of fused-ring (bicyclic) bond motifs is 1. The van der Waals surface area contributed by atoms with Crippen molar-refractivity contribution < 1.29 is 14.3 Å². The molecule has 0 amide bonds. The van der Waals surface area contributed by atoms with E-state index in [0.717, 1.165) is 12.8 Å². The lowest BCUT2D eigenvalue weighted by Crippen LogP contribution is -2.31. The van der Waals surface area contributed by atoms with Crippen molar-refractivity contribution in [2.24, 2.45) is 11.8 Å². The molecule has 3 aliphatic rings. The molecule has 3 fully saturated rings. The molecule has 12 heavy (non-hydrogen) atoms. The molecule has 0 radical (unpaired) electrons. The van der Waals surface area contributed by atoms with Gasteiger partial charge >= 0.3 is 5.97 Å². The molecule has 3 rings (SSSR count). The van der Waals surface area contributed by atoms with Gasteiger partial charge in [-0.25, -0.2) is 0 Å². The quantitative estimate of drug-likeness (QED) is 0.541. The summed E-state index contributed by atoms with van der Waals surface area (Å²) in [6.07, 6.45) is 2.46. The molecule has 0 aliphatic carbocycles. The second-order valence-electron chi connectivity index (χ2n) is 3.95. The minimum Gasteiger partial charge on any atom is -0.459 e. The van der Waals surface area contributed by atoms with Gasteiger partial charge in [-0.2, -0.15) is 0 Å². The van der Waals surface area contributed by atoms with Crippen molar-refractivity contribution in [1.82, 2.24) is 0 Å². The number of carbonyl (C=O) groups is 1. The zero-order chi connectivity index (χ0) is 8.29. The summed E-state index contributed by atoms with van der Waals surface area (Å²) in [5.41, 5.74) is 0. The Balaban J connectivity index is 1.96. The van der Waals surface area contributed by atoms with E-state index in [9.17, 15) is 4.79 Å². The molecule has 5 atom stereocenters. The van der Waals surface area contributed by atoms with Gasteiger partial charge in [0.1, 0.15) is 12.2 Å². The third-order valence-electron chi connectivity index (χ3n) is 3.46. The highest BCUT2D eigenvalue weighted by molar-refractivity contribution is 5.77.